The zero-order chi connectivity index (χ0) is 18.0. The first-order valence-electron chi connectivity index (χ1n) is 7.54. The molecule has 9 heteroatoms. The Labute approximate surface area is 142 Å². The first-order valence-corrected chi connectivity index (χ1v) is 10.5. The van der Waals surface area contributed by atoms with Gasteiger partial charge in [0.2, 0.25) is 20.0 Å². The van der Waals surface area contributed by atoms with Crippen LogP contribution in [0.3, 0.4) is 0 Å². The molecule has 0 bridgehead atoms. The van der Waals surface area contributed by atoms with Gasteiger partial charge in [-0.05, 0) is 43.4 Å². The molecule has 1 N–H and O–H groups in total. The van der Waals surface area contributed by atoms with E-state index >= 15 is 0 Å². The minimum absolute atomic E-state index is 0.122. The fourth-order valence-electron chi connectivity index (χ4n) is 2.65. The number of nitrogens with one attached hydrogen (secondary N) is 1. The molecule has 6 nitrogen and oxygen atoms in total. The first-order chi connectivity index (χ1) is 11.2. The van der Waals surface area contributed by atoms with Gasteiger partial charge in [0.25, 0.3) is 0 Å². The Balaban J connectivity index is 2.16. The summed E-state index contributed by atoms with van der Waals surface area (Å²) in [6, 6.07) is 3.97. The molecule has 1 aliphatic rings. The van der Waals surface area contributed by atoms with Gasteiger partial charge in [0, 0.05) is 25.0 Å². The van der Waals surface area contributed by atoms with Crippen LogP contribution in [-0.4, -0.2) is 40.8 Å². The summed E-state index contributed by atoms with van der Waals surface area (Å²) >= 11 is 0. The SMILES string of the molecule is C=CS(=O)(=O)NC[C@H]1CCCN(S(=O)(=O)c2cc(C)ccc2F)C1. The molecule has 0 amide bonds. The van der Waals surface area contributed by atoms with E-state index < -0.39 is 25.9 Å². The Bertz CT molecular complexity index is 822. The molecule has 2 rings (SSSR count). The molecule has 1 aromatic carbocycles. The Morgan fingerprint density at radius 3 is 2.75 bits per heavy atom. The quantitative estimate of drug-likeness (QED) is 0.817. The molecule has 1 aliphatic heterocycles. The first kappa shape index (κ1) is 19.0. The predicted molar refractivity (Wildman–Crippen MR) is 89.7 cm³/mol. The van der Waals surface area contributed by atoms with Crippen LogP contribution in [0.2, 0.25) is 0 Å². The van der Waals surface area contributed by atoms with Crippen LogP contribution in [0.5, 0.6) is 0 Å². The molecule has 1 fully saturated rings. The minimum Gasteiger partial charge on any atom is -0.211 e. The van der Waals surface area contributed by atoms with Gasteiger partial charge in [0.05, 0.1) is 0 Å². The summed E-state index contributed by atoms with van der Waals surface area (Å²) in [7, 11) is -7.50. The predicted octanol–water partition coefficient (Wildman–Crippen LogP) is 1.60. The van der Waals surface area contributed by atoms with Gasteiger partial charge >= 0.3 is 0 Å². The number of hydrogen-bond donors (Lipinski definition) is 1. The van der Waals surface area contributed by atoms with Crippen molar-refractivity contribution in [3.63, 3.8) is 0 Å². The average molecular weight is 376 g/mol. The van der Waals surface area contributed by atoms with Crippen LogP contribution in [0, 0.1) is 18.7 Å². The smallest absolute Gasteiger partial charge is 0.211 e. The van der Waals surface area contributed by atoms with E-state index in [-0.39, 0.29) is 23.9 Å². The Hall–Kier alpha value is -1.29. The maximum Gasteiger partial charge on any atom is 0.246 e. The topological polar surface area (TPSA) is 83.6 Å². The normalized spacial score (nSPS) is 20.0. The van der Waals surface area contributed by atoms with Crippen LogP contribution in [0.25, 0.3) is 0 Å². The summed E-state index contributed by atoms with van der Waals surface area (Å²) in [5.41, 5.74) is 0.655. The van der Waals surface area contributed by atoms with Crippen LogP contribution >= 0.6 is 0 Å². The van der Waals surface area contributed by atoms with Gasteiger partial charge in [-0.2, -0.15) is 4.31 Å². The number of nitrogens with zero attached hydrogens (tertiary/aromatic N) is 1. The number of hydrogen-bond acceptors (Lipinski definition) is 4. The van der Waals surface area contributed by atoms with Gasteiger partial charge in [-0.15, -0.1) is 0 Å². The summed E-state index contributed by atoms with van der Waals surface area (Å²) in [6.45, 7) is 5.47. The molecule has 0 unspecified atom stereocenters. The van der Waals surface area contributed by atoms with Crippen molar-refractivity contribution in [2.75, 3.05) is 19.6 Å². The van der Waals surface area contributed by atoms with Crippen LogP contribution in [0.4, 0.5) is 4.39 Å². The van der Waals surface area contributed by atoms with Crippen molar-refractivity contribution in [3.05, 3.63) is 41.6 Å². The Kier molecular flexibility index (Phi) is 5.79. The van der Waals surface area contributed by atoms with Crippen molar-refractivity contribution in [1.82, 2.24) is 9.03 Å². The third-order valence-electron chi connectivity index (χ3n) is 3.98. The third kappa shape index (κ3) is 4.41. The highest BCUT2D eigenvalue weighted by Crippen LogP contribution is 2.25. The second kappa shape index (κ2) is 7.30. The van der Waals surface area contributed by atoms with E-state index in [4.69, 9.17) is 0 Å². The van der Waals surface area contributed by atoms with Crippen LogP contribution < -0.4 is 4.72 Å². The molecule has 1 heterocycles. The highest BCUT2D eigenvalue weighted by molar-refractivity contribution is 7.92. The summed E-state index contributed by atoms with van der Waals surface area (Å²) < 4.78 is 65.8. The van der Waals surface area contributed by atoms with Crippen molar-refractivity contribution in [2.24, 2.45) is 5.92 Å². The van der Waals surface area contributed by atoms with Crippen LogP contribution in [0.15, 0.2) is 35.1 Å². The van der Waals surface area contributed by atoms with Crippen molar-refractivity contribution in [2.45, 2.75) is 24.7 Å². The van der Waals surface area contributed by atoms with Crippen molar-refractivity contribution >= 4 is 20.0 Å². The molecular formula is C15H21FN2O4S2. The summed E-state index contributed by atoms with van der Waals surface area (Å²) in [4.78, 5) is -0.338. The molecular weight excluding hydrogens is 355 g/mol. The van der Waals surface area contributed by atoms with Crippen molar-refractivity contribution < 1.29 is 21.2 Å². The molecule has 0 aromatic heterocycles. The lowest BCUT2D eigenvalue weighted by atomic mass is 10.0. The lowest BCUT2D eigenvalue weighted by Gasteiger charge is -2.32. The minimum atomic E-state index is -3.95. The summed E-state index contributed by atoms with van der Waals surface area (Å²) in [6.07, 6.45) is 1.29. The largest absolute Gasteiger partial charge is 0.246 e. The number of rotatable bonds is 6. The Morgan fingerprint density at radius 2 is 2.08 bits per heavy atom. The van der Waals surface area contributed by atoms with E-state index in [1.54, 1.807) is 6.92 Å². The van der Waals surface area contributed by atoms with E-state index in [1.807, 2.05) is 0 Å². The van der Waals surface area contributed by atoms with E-state index in [1.165, 1.54) is 16.4 Å². The zero-order valence-electron chi connectivity index (χ0n) is 13.4. The second-order valence-corrected chi connectivity index (χ2v) is 9.48. The number of piperidine rings is 1. The molecule has 24 heavy (non-hydrogen) atoms. The van der Waals surface area contributed by atoms with Gasteiger partial charge in [-0.1, -0.05) is 12.6 Å². The van der Waals surface area contributed by atoms with Crippen molar-refractivity contribution in [1.29, 1.82) is 0 Å². The molecule has 0 aliphatic carbocycles. The van der Waals surface area contributed by atoms with Crippen molar-refractivity contribution in [3.8, 4) is 0 Å². The third-order valence-corrected chi connectivity index (χ3v) is 6.87. The maximum absolute atomic E-state index is 14.0. The molecule has 0 radical (unpaired) electrons. The highest BCUT2D eigenvalue weighted by Gasteiger charge is 2.32. The molecule has 0 spiro atoms. The number of halogens is 1. The number of benzene rings is 1. The van der Waals surface area contributed by atoms with Crippen LogP contribution in [-0.2, 0) is 20.0 Å². The monoisotopic (exact) mass is 376 g/mol. The van der Waals surface area contributed by atoms with Gasteiger partial charge in [0.1, 0.15) is 10.7 Å². The number of sulfonamides is 2. The van der Waals surface area contributed by atoms with Gasteiger partial charge in [-0.3, -0.25) is 0 Å². The van der Waals surface area contributed by atoms with Crippen LogP contribution in [0.1, 0.15) is 18.4 Å². The summed E-state index contributed by atoms with van der Waals surface area (Å²) in [5, 5.41) is 0.812. The average Bonchev–Trinajstić information content (AvgIpc) is 2.55. The lowest BCUT2D eigenvalue weighted by molar-refractivity contribution is 0.266. The maximum atomic E-state index is 14.0. The number of aryl methyl sites for hydroxylation is 1. The second-order valence-electron chi connectivity index (χ2n) is 5.87. The van der Waals surface area contributed by atoms with E-state index in [0.29, 0.717) is 24.9 Å². The molecule has 0 saturated carbocycles. The highest BCUT2D eigenvalue weighted by atomic mass is 32.2. The van der Waals surface area contributed by atoms with E-state index in [0.717, 1.165) is 11.5 Å². The fourth-order valence-corrected chi connectivity index (χ4v) is 4.94. The molecule has 1 aromatic rings. The van der Waals surface area contributed by atoms with Gasteiger partial charge in [0.15, 0.2) is 0 Å². The van der Waals surface area contributed by atoms with E-state index in [2.05, 4.69) is 11.3 Å². The standard InChI is InChI=1S/C15H21FN2O4S2/c1-3-23(19,20)17-10-13-5-4-8-18(11-13)24(21,22)15-9-12(2)6-7-14(15)16/h3,6-7,9,13,17H,1,4-5,8,10-11H2,2H3/t13-/m1/s1. The van der Waals surface area contributed by atoms with Gasteiger partial charge < -0.3 is 0 Å². The van der Waals surface area contributed by atoms with E-state index in [9.17, 15) is 21.2 Å². The van der Waals surface area contributed by atoms with Gasteiger partial charge in [-0.25, -0.2) is 25.9 Å². The molecule has 1 atom stereocenters. The molecule has 134 valence electrons. The zero-order valence-corrected chi connectivity index (χ0v) is 15.0. The lowest BCUT2D eigenvalue weighted by Crippen LogP contribution is -2.43. The summed E-state index contributed by atoms with van der Waals surface area (Å²) in [5.74, 6) is -0.953. The fraction of sp³-hybridized carbons (Fsp3) is 0.467. The Morgan fingerprint density at radius 1 is 1.38 bits per heavy atom. The molecule has 1 saturated heterocycles.